The van der Waals surface area contributed by atoms with Gasteiger partial charge in [-0.05, 0) is 46.8 Å². The number of nitrogens with two attached hydrogens (primary N) is 1. The fraction of sp³-hybridized carbons (Fsp3) is 0.450. The van der Waals surface area contributed by atoms with E-state index in [1.807, 2.05) is 6.92 Å². The first kappa shape index (κ1) is 20.5. The molecule has 0 fully saturated rings. The number of hydrogen-bond donors (Lipinski definition) is 2. The minimum atomic E-state index is -0.727. The molecular weight excluding hydrogens is 346 g/mol. The summed E-state index contributed by atoms with van der Waals surface area (Å²) in [5.74, 6) is -0.140. The molecule has 3 N–H and O–H groups in total. The minimum Gasteiger partial charge on any atom is -0.492 e. The zero-order valence-electron chi connectivity index (χ0n) is 16.5. The lowest BCUT2D eigenvalue weighted by atomic mass is 9.93. The van der Waals surface area contributed by atoms with E-state index < -0.39 is 11.4 Å². The molecule has 0 bridgehead atoms. The number of esters is 1. The van der Waals surface area contributed by atoms with Crippen molar-refractivity contribution in [1.82, 2.24) is 10.3 Å². The van der Waals surface area contributed by atoms with Crippen LogP contribution in [0, 0.1) is 12.3 Å². The van der Waals surface area contributed by atoms with Gasteiger partial charge in [0.25, 0.3) is 0 Å². The van der Waals surface area contributed by atoms with Crippen LogP contribution in [0.2, 0.25) is 0 Å². The summed E-state index contributed by atoms with van der Waals surface area (Å²) in [6.07, 6.45) is 0. The second-order valence-electron chi connectivity index (χ2n) is 6.89. The fourth-order valence-corrected chi connectivity index (χ4v) is 2.74. The Balaban J connectivity index is 2.45. The number of ether oxygens (including phenoxy) is 2. The van der Waals surface area contributed by atoms with E-state index in [4.69, 9.17) is 15.2 Å². The van der Waals surface area contributed by atoms with Crippen LogP contribution in [0.5, 0.6) is 5.75 Å². The van der Waals surface area contributed by atoms with Crippen molar-refractivity contribution in [2.75, 3.05) is 25.5 Å². The predicted octanol–water partition coefficient (Wildman–Crippen LogP) is 2.84. The average molecular weight is 373 g/mol. The highest BCUT2D eigenvalue weighted by molar-refractivity contribution is 6.07. The monoisotopic (exact) mass is 373 g/mol. The SMILES string of the molecule is CCNC(=O)C(C)(C)COc1cccc2nc(C)c(C(=O)OCC)c(N)c12. The van der Waals surface area contributed by atoms with Gasteiger partial charge < -0.3 is 20.5 Å². The summed E-state index contributed by atoms with van der Waals surface area (Å²) < 4.78 is 11.0. The zero-order valence-corrected chi connectivity index (χ0v) is 16.5. The Morgan fingerprint density at radius 2 is 1.96 bits per heavy atom. The maximum Gasteiger partial charge on any atom is 0.342 e. The van der Waals surface area contributed by atoms with Crippen molar-refractivity contribution >= 4 is 28.5 Å². The number of pyridine rings is 1. The molecule has 0 aliphatic carbocycles. The van der Waals surface area contributed by atoms with Gasteiger partial charge in [0.15, 0.2) is 0 Å². The van der Waals surface area contributed by atoms with Crippen LogP contribution in [0.3, 0.4) is 0 Å². The maximum absolute atomic E-state index is 12.3. The molecule has 0 aliphatic rings. The molecule has 0 atom stereocenters. The van der Waals surface area contributed by atoms with E-state index in [0.29, 0.717) is 28.9 Å². The van der Waals surface area contributed by atoms with Gasteiger partial charge in [-0.2, -0.15) is 0 Å². The number of nitrogens with zero attached hydrogens (tertiary/aromatic N) is 1. The van der Waals surface area contributed by atoms with E-state index in [1.54, 1.807) is 45.9 Å². The van der Waals surface area contributed by atoms with E-state index in [-0.39, 0.29) is 30.4 Å². The van der Waals surface area contributed by atoms with Crippen molar-refractivity contribution in [3.8, 4) is 5.75 Å². The summed E-state index contributed by atoms with van der Waals surface area (Å²) >= 11 is 0. The van der Waals surface area contributed by atoms with Crippen LogP contribution >= 0.6 is 0 Å². The molecule has 1 amide bonds. The lowest BCUT2D eigenvalue weighted by Crippen LogP contribution is -2.40. The molecule has 0 spiro atoms. The van der Waals surface area contributed by atoms with Crippen molar-refractivity contribution < 1.29 is 19.1 Å². The molecule has 0 aliphatic heterocycles. The van der Waals surface area contributed by atoms with Gasteiger partial charge in [0.05, 0.1) is 34.3 Å². The number of aryl methyl sites for hydroxylation is 1. The molecule has 27 heavy (non-hydrogen) atoms. The summed E-state index contributed by atoms with van der Waals surface area (Å²) in [6.45, 7) is 9.87. The Kier molecular flexibility index (Phi) is 6.25. The van der Waals surface area contributed by atoms with E-state index in [2.05, 4.69) is 10.3 Å². The third-order valence-corrected chi connectivity index (χ3v) is 4.21. The van der Waals surface area contributed by atoms with Gasteiger partial charge in [0, 0.05) is 6.54 Å². The molecule has 146 valence electrons. The smallest absolute Gasteiger partial charge is 0.342 e. The first-order chi connectivity index (χ1) is 12.7. The lowest BCUT2D eigenvalue weighted by molar-refractivity contribution is -0.130. The number of nitrogens with one attached hydrogen (secondary N) is 1. The quantitative estimate of drug-likeness (QED) is 0.723. The number of hydrogen-bond acceptors (Lipinski definition) is 6. The first-order valence-electron chi connectivity index (χ1n) is 9.00. The molecule has 7 heteroatoms. The number of benzene rings is 1. The average Bonchev–Trinajstić information content (AvgIpc) is 2.60. The Morgan fingerprint density at radius 1 is 1.26 bits per heavy atom. The van der Waals surface area contributed by atoms with Crippen molar-refractivity contribution in [2.24, 2.45) is 5.41 Å². The summed E-state index contributed by atoms with van der Waals surface area (Å²) in [5, 5.41) is 3.34. The summed E-state index contributed by atoms with van der Waals surface area (Å²) in [7, 11) is 0. The number of rotatable bonds is 7. The van der Waals surface area contributed by atoms with Crippen LogP contribution < -0.4 is 15.8 Å². The molecule has 7 nitrogen and oxygen atoms in total. The van der Waals surface area contributed by atoms with Crippen LogP contribution in [-0.4, -0.2) is 36.6 Å². The van der Waals surface area contributed by atoms with Crippen molar-refractivity contribution in [2.45, 2.75) is 34.6 Å². The lowest BCUT2D eigenvalue weighted by Gasteiger charge is -2.24. The third-order valence-electron chi connectivity index (χ3n) is 4.21. The number of aromatic nitrogens is 1. The van der Waals surface area contributed by atoms with Gasteiger partial charge in [0.1, 0.15) is 17.9 Å². The van der Waals surface area contributed by atoms with Crippen LogP contribution in [-0.2, 0) is 9.53 Å². The fourth-order valence-electron chi connectivity index (χ4n) is 2.74. The molecular formula is C20H27N3O4. The van der Waals surface area contributed by atoms with Gasteiger partial charge in [0.2, 0.25) is 5.91 Å². The van der Waals surface area contributed by atoms with Gasteiger partial charge >= 0.3 is 5.97 Å². The van der Waals surface area contributed by atoms with Gasteiger partial charge in [-0.25, -0.2) is 4.79 Å². The van der Waals surface area contributed by atoms with E-state index in [0.717, 1.165) is 0 Å². The third kappa shape index (κ3) is 4.30. The van der Waals surface area contributed by atoms with Gasteiger partial charge in [-0.15, -0.1) is 0 Å². The second kappa shape index (κ2) is 8.24. The molecule has 0 unspecified atom stereocenters. The molecule has 2 aromatic rings. The molecule has 0 saturated carbocycles. The molecule has 1 heterocycles. The second-order valence-corrected chi connectivity index (χ2v) is 6.89. The number of amides is 1. The number of carbonyl (C=O) groups is 2. The standard InChI is InChI=1S/C20H27N3O4/c1-6-22-19(25)20(4,5)11-27-14-10-8-9-13-16(14)17(21)15(12(3)23-13)18(24)26-7-2/h8-10H,6-7,11H2,1-5H3,(H2,21,23)(H,22,25). The van der Waals surface area contributed by atoms with Crippen LogP contribution in [0.4, 0.5) is 5.69 Å². The number of fused-ring (bicyclic) bond motifs is 1. The largest absolute Gasteiger partial charge is 0.492 e. The van der Waals surface area contributed by atoms with Crippen LogP contribution in [0.1, 0.15) is 43.7 Å². The zero-order chi connectivity index (χ0) is 20.2. The normalized spacial score (nSPS) is 11.3. The highest BCUT2D eigenvalue weighted by Gasteiger charge is 2.29. The van der Waals surface area contributed by atoms with Gasteiger partial charge in [-0.1, -0.05) is 6.07 Å². The van der Waals surface area contributed by atoms with E-state index >= 15 is 0 Å². The summed E-state index contributed by atoms with van der Waals surface area (Å²) in [5.41, 5.74) is 7.19. The topological polar surface area (TPSA) is 104 Å². The minimum absolute atomic E-state index is 0.0978. The Labute approximate surface area is 159 Å². The molecule has 0 saturated heterocycles. The first-order valence-corrected chi connectivity index (χ1v) is 9.00. The maximum atomic E-state index is 12.3. The predicted molar refractivity (Wildman–Crippen MR) is 105 cm³/mol. The number of nitrogen functional groups attached to an aromatic ring is 1. The molecule has 2 rings (SSSR count). The molecule has 1 aromatic heterocycles. The summed E-state index contributed by atoms with van der Waals surface area (Å²) in [4.78, 5) is 28.9. The molecule has 1 aromatic carbocycles. The Morgan fingerprint density at radius 3 is 2.59 bits per heavy atom. The van der Waals surface area contributed by atoms with Crippen LogP contribution in [0.25, 0.3) is 10.9 Å². The van der Waals surface area contributed by atoms with Crippen molar-refractivity contribution in [3.63, 3.8) is 0 Å². The van der Waals surface area contributed by atoms with Crippen LogP contribution in [0.15, 0.2) is 18.2 Å². The molecule has 0 radical (unpaired) electrons. The Bertz CT molecular complexity index is 862. The number of carbonyl (C=O) groups excluding carboxylic acids is 2. The van der Waals surface area contributed by atoms with E-state index in [1.165, 1.54) is 0 Å². The number of anilines is 1. The Hall–Kier alpha value is -2.83. The van der Waals surface area contributed by atoms with E-state index in [9.17, 15) is 9.59 Å². The van der Waals surface area contributed by atoms with Gasteiger partial charge in [-0.3, -0.25) is 9.78 Å². The van der Waals surface area contributed by atoms with Crippen molar-refractivity contribution in [3.05, 3.63) is 29.5 Å². The highest BCUT2D eigenvalue weighted by atomic mass is 16.5. The van der Waals surface area contributed by atoms with Crippen molar-refractivity contribution in [1.29, 1.82) is 0 Å². The summed E-state index contributed by atoms with van der Waals surface area (Å²) in [6, 6.07) is 5.35. The highest BCUT2D eigenvalue weighted by Crippen LogP contribution is 2.34.